The molecule has 0 aliphatic rings. The van der Waals surface area contributed by atoms with Gasteiger partial charge in [-0.1, -0.05) is 35.3 Å². The molecule has 0 radical (unpaired) electrons. The van der Waals surface area contributed by atoms with Crippen molar-refractivity contribution in [1.82, 2.24) is 0 Å². The number of hydrogen-bond donors (Lipinski definition) is 0. The molecule has 0 fully saturated rings. The Balaban J connectivity index is 2.31. The minimum atomic E-state index is -4.65. The van der Waals surface area contributed by atoms with Gasteiger partial charge in [0.1, 0.15) is 5.75 Å². The van der Waals surface area contributed by atoms with Crippen LogP contribution in [0.5, 0.6) is 5.75 Å². The number of rotatable bonds is 2. The molecule has 0 aliphatic carbocycles. The fraction of sp³-hybridized carbons (Fsp3) is 0.0714. The molecule has 0 unspecified atom stereocenters. The molecule has 2 aromatic rings. The predicted octanol–water partition coefficient (Wildman–Crippen LogP) is 5.23. The Kier molecular flexibility index (Phi) is 4.44. The molecule has 0 amide bonds. The summed E-state index contributed by atoms with van der Waals surface area (Å²) in [4.78, 5) is 11.9. The van der Waals surface area contributed by atoms with Crippen molar-refractivity contribution in [1.29, 1.82) is 0 Å². The molecule has 0 heterocycles. The molecular formula is C14H7Cl2F3O2. The number of benzene rings is 2. The SMILES string of the molecule is O=C(Oc1ccc(Cl)c(Cl)c1)c1ccccc1C(F)(F)F. The minimum Gasteiger partial charge on any atom is -0.423 e. The first kappa shape index (κ1) is 15.7. The number of halogens is 5. The lowest BCUT2D eigenvalue weighted by Gasteiger charge is -2.12. The minimum absolute atomic E-state index is 0.00591. The molecule has 110 valence electrons. The molecule has 0 bridgehead atoms. The molecule has 0 aromatic heterocycles. The molecule has 0 saturated carbocycles. The van der Waals surface area contributed by atoms with Crippen LogP contribution < -0.4 is 4.74 Å². The monoisotopic (exact) mass is 334 g/mol. The maximum Gasteiger partial charge on any atom is 0.417 e. The second kappa shape index (κ2) is 5.95. The zero-order valence-corrected chi connectivity index (χ0v) is 11.8. The average Bonchev–Trinajstić information content (AvgIpc) is 2.42. The van der Waals surface area contributed by atoms with Crippen LogP contribution in [0.15, 0.2) is 42.5 Å². The molecule has 0 spiro atoms. The summed E-state index contributed by atoms with van der Waals surface area (Å²) in [7, 11) is 0. The summed E-state index contributed by atoms with van der Waals surface area (Å²) in [6.45, 7) is 0. The van der Waals surface area contributed by atoms with Crippen molar-refractivity contribution in [3.63, 3.8) is 0 Å². The summed E-state index contributed by atoms with van der Waals surface area (Å²) in [6, 6.07) is 8.33. The van der Waals surface area contributed by atoms with Crippen LogP contribution in [0.3, 0.4) is 0 Å². The second-order valence-electron chi connectivity index (χ2n) is 4.01. The van der Waals surface area contributed by atoms with E-state index in [1.54, 1.807) is 0 Å². The highest BCUT2D eigenvalue weighted by atomic mass is 35.5. The summed E-state index contributed by atoms with van der Waals surface area (Å²) in [5.74, 6) is -1.12. The Bertz CT molecular complexity index is 684. The van der Waals surface area contributed by atoms with E-state index in [1.165, 1.54) is 30.3 Å². The second-order valence-corrected chi connectivity index (χ2v) is 4.82. The van der Waals surface area contributed by atoms with E-state index in [0.29, 0.717) is 0 Å². The summed E-state index contributed by atoms with van der Waals surface area (Å²) >= 11 is 11.4. The lowest BCUT2D eigenvalue weighted by molar-refractivity contribution is -0.138. The molecule has 21 heavy (non-hydrogen) atoms. The molecule has 2 aromatic carbocycles. The number of ether oxygens (including phenoxy) is 1. The third-order valence-electron chi connectivity index (χ3n) is 2.55. The Hall–Kier alpha value is -1.72. The van der Waals surface area contributed by atoms with Gasteiger partial charge in [-0.3, -0.25) is 0 Å². The number of hydrogen-bond acceptors (Lipinski definition) is 2. The maximum absolute atomic E-state index is 12.8. The van der Waals surface area contributed by atoms with Crippen LogP contribution in [-0.2, 0) is 6.18 Å². The smallest absolute Gasteiger partial charge is 0.417 e. The van der Waals surface area contributed by atoms with Crippen molar-refractivity contribution in [3.8, 4) is 5.75 Å². The highest BCUT2D eigenvalue weighted by molar-refractivity contribution is 6.42. The lowest BCUT2D eigenvalue weighted by atomic mass is 10.1. The van der Waals surface area contributed by atoms with Crippen molar-refractivity contribution in [2.24, 2.45) is 0 Å². The third kappa shape index (κ3) is 3.68. The van der Waals surface area contributed by atoms with Gasteiger partial charge in [0.05, 0.1) is 21.2 Å². The van der Waals surface area contributed by atoms with E-state index in [1.807, 2.05) is 0 Å². The van der Waals surface area contributed by atoms with E-state index in [2.05, 4.69) is 0 Å². The zero-order valence-electron chi connectivity index (χ0n) is 10.2. The quantitative estimate of drug-likeness (QED) is 0.555. The van der Waals surface area contributed by atoms with Crippen LogP contribution in [0.4, 0.5) is 13.2 Å². The first-order valence-corrected chi connectivity index (χ1v) is 6.38. The fourth-order valence-electron chi connectivity index (χ4n) is 1.61. The number of carbonyl (C=O) groups excluding carboxylic acids is 1. The van der Waals surface area contributed by atoms with Crippen molar-refractivity contribution in [2.75, 3.05) is 0 Å². The van der Waals surface area contributed by atoms with Gasteiger partial charge in [-0.05, 0) is 24.3 Å². The van der Waals surface area contributed by atoms with Crippen LogP contribution in [0.2, 0.25) is 10.0 Å². The van der Waals surface area contributed by atoms with Crippen LogP contribution >= 0.6 is 23.2 Å². The van der Waals surface area contributed by atoms with Crippen LogP contribution in [0.25, 0.3) is 0 Å². The summed E-state index contributed by atoms with van der Waals surface area (Å²) in [6.07, 6.45) is -4.65. The maximum atomic E-state index is 12.8. The molecule has 7 heteroatoms. The third-order valence-corrected chi connectivity index (χ3v) is 3.29. The number of esters is 1. The standard InChI is InChI=1S/C14H7Cl2F3O2/c15-11-6-5-8(7-12(11)16)21-13(20)9-3-1-2-4-10(9)14(17,18)19/h1-7H. The molecule has 0 atom stereocenters. The van der Waals surface area contributed by atoms with Crippen LogP contribution in [0, 0.1) is 0 Å². The molecule has 2 rings (SSSR count). The summed E-state index contributed by atoms with van der Waals surface area (Å²) in [5.41, 5.74) is -1.63. The van der Waals surface area contributed by atoms with Crippen LogP contribution in [-0.4, -0.2) is 5.97 Å². The fourth-order valence-corrected chi connectivity index (χ4v) is 1.90. The van der Waals surface area contributed by atoms with Gasteiger partial charge in [0.15, 0.2) is 0 Å². The largest absolute Gasteiger partial charge is 0.423 e. The molecule has 0 aliphatic heterocycles. The zero-order chi connectivity index (χ0) is 15.6. The Morgan fingerprint density at radius 1 is 1.00 bits per heavy atom. The topological polar surface area (TPSA) is 26.3 Å². The number of carbonyl (C=O) groups is 1. The summed E-state index contributed by atoms with van der Waals surface area (Å²) < 4.78 is 43.3. The Morgan fingerprint density at radius 3 is 2.29 bits per heavy atom. The Labute approximate surface area is 128 Å². The molecule has 2 nitrogen and oxygen atoms in total. The van der Waals surface area contributed by atoms with Gasteiger partial charge in [-0.25, -0.2) is 4.79 Å². The highest BCUT2D eigenvalue weighted by Gasteiger charge is 2.35. The molecular weight excluding hydrogens is 328 g/mol. The van der Waals surface area contributed by atoms with Gasteiger partial charge in [0, 0.05) is 6.07 Å². The van der Waals surface area contributed by atoms with E-state index in [9.17, 15) is 18.0 Å². The normalized spacial score (nSPS) is 11.3. The van der Waals surface area contributed by atoms with Gasteiger partial charge in [-0.15, -0.1) is 0 Å². The van der Waals surface area contributed by atoms with E-state index in [-0.39, 0.29) is 15.8 Å². The van der Waals surface area contributed by atoms with E-state index in [0.717, 1.165) is 12.1 Å². The van der Waals surface area contributed by atoms with Gasteiger partial charge >= 0.3 is 12.1 Å². The van der Waals surface area contributed by atoms with Crippen molar-refractivity contribution >= 4 is 29.2 Å². The van der Waals surface area contributed by atoms with Gasteiger partial charge in [0.2, 0.25) is 0 Å². The van der Waals surface area contributed by atoms with Crippen molar-refractivity contribution < 1.29 is 22.7 Å². The lowest BCUT2D eigenvalue weighted by Crippen LogP contribution is -2.16. The average molecular weight is 335 g/mol. The molecule has 0 N–H and O–H groups in total. The first-order valence-electron chi connectivity index (χ1n) is 5.62. The van der Waals surface area contributed by atoms with E-state index < -0.39 is 23.3 Å². The first-order chi connectivity index (χ1) is 9.79. The van der Waals surface area contributed by atoms with Crippen molar-refractivity contribution in [3.05, 3.63) is 63.6 Å². The Morgan fingerprint density at radius 2 is 1.67 bits per heavy atom. The van der Waals surface area contributed by atoms with Gasteiger partial charge in [-0.2, -0.15) is 13.2 Å². The number of alkyl halides is 3. The van der Waals surface area contributed by atoms with Gasteiger partial charge in [0.25, 0.3) is 0 Å². The summed E-state index contributed by atoms with van der Waals surface area (Å²) in [5, 5.41) is 0.373. The van der Waals surface area contributed by atoms with E-state index in [4.69, 9.17) is 27.9 Å². The highest BCUT2D eigenvalue weighted by Crippen LogP contribution is 2.33. The van der Waals surface area contributed by atoms with Crippen LogP contribution in [0.1, 0.15) is 15.9 Å². The predicted molar refractivity (Wildman–Crippen MR) is 72.9 cm³/mol. The van der Waals surface area contributed by atoms with Gasteiger partial charge < -0.3 is 4.74 Å². The van der Waals surface area contributed by atoms with Crippen molar-refractivity contribution in [2.45, 2.75) is 6.18 Å². The van der Waals surface area contributed by atoms with E-state index >= 15 is 0 Å². The molecule has 0 saturated heterocycles.